The van der Waals surface area contributed by atoms with Gasteiger partial charge in [-0.25, -0.2) is 0 Å². The van der Waals surface area contributed by atoms with Crippen LogP contribution >= 0.6 is 0 Å². The monoisotopic (exact) mass is 291 g/mol. The van der Waals surface area contributed by atoms with E-state index in [4.69, 9.17) is 4.74 Å². The lowest BCUT2D eigenvalue weighted by Crippen LogP contribution is -2.47. The number of piperazine rings is 1. The van der Waals surface area contributed by atoms with E-state index in [1.165, 1.54) is 44.7 Å². The summed E-state index contributed by atoms with van der Waals surface area (Å²) in [5.41, 5.74) is 1.29. The summed E-state index contributed by atoms with van der Waals surface area (Å²) in [6.45, 7) is 10.9. The molecule has 1 fully saturated rings. The van der Waals surface area contributed by atoms with E-state index in [0.717, 1.165) is 25.4 Å². The molecule has 1 N–H and O–H groups in total. The second-order valence-corrected chi connectivity index (χ2v) is 5.71. The molecule has 21 heavy (non-hydrogen) atoms. The number of rotatable bonds is 8. The third-order valence-corrected chi connectivity index (χ3v) is 3.99. The number of nitrogens with one attached hydrogen (secondary N) is 1. The normalized spacial score (nSPS) is 17.0. The van der Waals surface area contributed by atoms with Gasteiger partial charge in [-0.05, 0) is 37.7 Å². The highest BCUT2D eigenvalue weighted by atomic mass is 16.5. The number of benzene rings is 1. The molecule has 0 aromatic heterocycles. The van der Waals surface area contributed by atoms with Crippen molar-refractivity contribution in [3.05, 3.63) is 29.8 Å². The molecule has 0 radical (unpaired) electrons. The summed E-state index contributed by atoms with van der Waals surface area (Å²) >= 11 is 0. The summed E-state index contributed by atoms with van der Waals surface area (Å²) in [7, 11) is 1.96. The third kappa shape index (κ3) is 5.65. The molecule has 1 aromatic rings. The topological polar surface area (TPSA) is 27.7 Å². The van der Waals surface area contributed by atoms with Crippen molar-refractivity contribution in [1.29, 1.82) is 0 Å². The van der Waals surface area contributed by atoms with Gasteiger partial charge < -0.3 is 15.0 Å². The maximum absolute atomic E-state index is 5.84. The van der Waals surface area contributed by atoms with E-state index < -0.39 is 0 Å². The van der Waals surface area contributed by atoms with Crippen molar-refractivity contribution >= 4 is 0 Å². The standard InChI is InChI=1S/C17H29N3O/c1-3-8-19-9-11-20(12-10-19)13-14-21-17-6-4-16(5-7-17)15-18-2/h4-7,18H,3,8-15H2,1-2H3. The first kappa shape index (κ1) is 16.3. The Balaban J connectivity index is 1.63. The van der Waals surface area contributed by atoms with E-state index in [1.54, 1.807) is 0 Å². The number of hydrogen-bond donors (Lipinski definition) is 1. The van der Waals surface area contributed by atoms with E-state index in [0.29, 0.717) is 0 Å². The van der Waals surface area contributed by atoms with Crippen LogP contribution in [0.4, 0.5) is 0 Å². The van der Waals surface area contributed by atoms with Crippen LogP contribution in [0.15, 0.2) is 24.3 Å². The first-order valence-electron chi connectivity index (χ1n) is 8.13. The zero-order valence-electron chi connectivity index (χ0n) is 13.5. The van der Waals surface area contributed by atoms with E-state index in [1.807, 2.05) is 7.05 Å². The van der Waals surface area contributed by atoms with Gasteiger partial charge in [0.2, 0.25) is 0 Å². The second kappa shape index (κ2) is 9.03. The van der Waals surface area contributed by atoms with Crippen LogP contribution in [0.2, 0.25) is 0 Å². The predicted octanol–water partition coefficient (Wildman–Crippen LogP) is 1.81. The van der Waals surface area contributed by atoms with Crippen molar-refractivity contribution in [3.8, 4) is 5.75 Å². The van der Waals surface area contributed by atoms with Crippen LogP contribution in [0.1, 0.15) is 18.9 Å². The molecule has 2 rings (SSSR count). The molecule has 0 spiro atoms. The first-order chi connectivity index (χ1) is 10.3. The van der Waals surface area contributed by atoms with Gasteiger partial charge in [-0.2, -0.15) is 0 Å². The second-order valence-electron chi connectivity index (χ2n) is 5.71. The van der Waals surface area contributed by atoms with Gasteiger partial charge >= 0.3 is 0 Å². The molecule has 0 amide bonds. The zero-order valence-corrected chi connectivity index (χ0v) is 13.5. The van der Waals surface area contributed by atoms with Gasteiger partial charge in [-0.1, -0.05) is 19.1 Å². The van der Waals surface area contributed by atoms with Gasteiger partial charge in [0.25, 0.3) is 0 Å². The van der Waals surface area contributed by atoms with Crippen LogP contribution in [0, 0.1) is 0 Å². The molecule has 1 heterocycles. The SMILES string of the molecule is CCCN1CCN(CCOc2ccc(CNC)cc2)CC1. The quantitative estimate of drug-likeness (QED) is 0.790. The maximum atomic E-state index is 5.84. The van der Waals surface area contributed by atoms with Crippen molar-refractivity contribution in [2.45, 2.75) is 19.9 Å². The van der Waals surface area contributed by atoms with Crippen LogP contribution in [0.25, 0.3) is 0 Å². The first-order valence-corrected chi connectivity index (χ1v) is 8.13. The van der Waals surface area contributed by atoms with Gasteiger partial charge in [0, 0.05) is 39.3 Å². The van der Waals surface area contributed by atoms with Crippen LogP contribution in [0.3, 0.4) is 0 Å². The summed E-state index contributed by atoms with van der Waals surface area (Å²) in [4.78, 5) is 5.05. The van der Waals surface area contributed by atoms with Gasteiger partial charge in [0.15, 0.2) is 0 Å². The van der Waals surface area contributed by atoms with E-state index in [2.05, 4.69) is 46.3 Å². The molecule has 4 nitrogen and oxygen atoms in total. The molecule has 1 aliphatic heterocycles. The Morgan fingerprint density at radius 1 is 1.00 bits per heavy atom. The van der Waals surface area contributed by atoms with Gasteiger partial charge in [0.05, 0.1) is 0 Å². The highest BCUT2D eigenvalue weighted by Crippen LogP contribution is 2.12. The Bertz CT molecular complexity index is 386. The lowest BCUT2D eigenvalue weighted by molar-refractivity contribution is 0.117. The van der Waals surface area contributed by atoms with Gasteiger partial charge in [-0.3, -0.25) is 4.90 Å². The fraction of sp³-hybridized carbons (Fsp3) is 0.647. The van der Waals surface area contributed by atoms with Crippen molar-refractivity contribution in [2.75, 3.05) is 52.9 Å². The molecular formula is C17H29N3O. The average Bonchev–Trinajstić information content (AvgIpc) is 2.51. The van der Waals surface area contributed by atoms with Gasteiger partial charge in [0.1, 0.15) is 12.4 Å². The number of ether oxygens (including phenoxy) is 1. The van der Waals surface area contributed by atoms with Crippen molar-refractivity contribution in [1.82, 2.24) is 15.1 Å². The lowest BCUT2D eigenvalue weighted by Gasteiger charge is -2.34. The van der Waals surface area contributed by atoms with Crippen LogP contribution in [-0.4, -0.2) is 62.7 Å². The summed E-state index contributed by atoms with van der Waals surface area (Å²) in [6.07, 6.45) is 1.26. The van der Waals surface area contributed by atoms with Crippen molar-refractivity contribution < 1.29 is 4.74 Å². The minimum Gasteiger partial charge on any atom is -0.492 e. The predicted molar refractivity (Wildman–Crippen MR) is 87.9 cm³/mol. The Morgan fingerprint density at radius 2 is 1.62 bits per heavy atom. The Morgan fingerprint density at radius 3 is 2.19 bits per heavy atom. The molecule has 0 saturated carbocycles. The highest BCUT2D eigenvalue weighted by Gasteiger charge is 2.15. The fourth-order valence-corrected chi connectivity index (χ4v) is 2.75. The number of nitrogens with zero attached hydrogens (tertiary/aromatic N) is 2. The smallest absolute Gasteiger partial charge is 0.119 e. The van der Waals surface area contributed by atoms with E-state index in [9.17, 15) is 0 Å². The minimum absolute atomic E-state index is 0.777. The highest BCUT2D eigenvalue weighted by molar-refractivity contribution is 5.27. The largest absolute Gasteiger partial charge is 0.492 e. The zero-order chi connectivity index (χ0) is 14.9. The molecule has 0 unspecified atom stereocenters. The molecule has 1 saturated heterocycles. The number of hydrogen-bond acceptors (Lipinski definition) is 4. The van der Waals surface area contributed by atoms with Crippen molar-refractivity contribution in [2.24, 2.45) is 0 Å². The Hall–Kier alpha value is -1.10. The summed E-state index contributed by atoms with van der Waals surface area (Å²) in [5, 5.41) is 3.15. The van der Waals surface area contributed by atoms with Crippen molar-refractivity contribution in [3.63, 3.8) is 0 Å². The molecule has 4 heteroatoms. The summed E-state index contributed by atoms with van der Waals surface area (Å²) < 4.78 is 5.84. The summed E-state index contributed by atoms with van der Waals surface area (Å²) in [5.74, 6) is 0.972. The molecule has 0 aliphatic carbocycles. The molecule has 1 aliphatic rings. The molecule has 1 aromatic carbocycles. The fourth-order valence-electron chi connectivity index (χ4n) is 2.75. The molecule has 0 atom stereocenters. The van der Waals surface area contributed by atoms with Crippen LogP contribution in [0.5, 0.6) is 5.75 Å². The maximum Gasteiger partial charge on any atom is 0.119 e. The van der Waals surface area contributed by atoms with E-state index >= 15 is 0 Å². The van der Waals surface area contributed by atoms with Crippen LogP contribution in [-0.2, 0) is 6.54 Å². The van der Waals surface area contributed by atoms with Crippen LogP contribution < -0.4 is 10.1 Å². The Kier molecular flexibility index (Phi) is 7.00. The third-order valence-electron chi connectivity index (χ3n) is 3.99. The van der Waals surface area contributed by atoms with E-state index in [-0.39, 0.29) is 0 Å². The minimum atomic E-state index is 0.777. The lowest BCUT2D eigenvalue weighted by atomic mass is 10.2. The van der Waals surface area contributed by atoms with Gasteiger partial charge in [-0.15, -0.1) is 0 Å². The molecular weight excluding hydrogens is 262 g/mol. The summed E-state index contributed by atoms with van der Waals surface area (Å²) in [6, 6.07) is 8.36. The molecule has 118 valence electrons. The average molecular weight is 291 g/mol. The Labute approximate surface area is 129 Å². The molecule has 0 bridgehead atoms.